The van der Waals surface area contributed by atoms with Crippen molar-refractivity contribution in [1.29, 1.82) is 0 Å². The highest BCUT2D eigenvalue weighted by Gasteiger charge is 2.55. The first-order chi connectivity index (χ1) is 13.0. The quantitative estimate of drug-likeness (QED) is 0.812. The lowest BCUT2D eigenvalue weighted by atomic mass is 9.84. The first-order valence-electron chi connectivity index (χ1n) is 9.17. The number of ether oxygens (including phenoxy) is 1. The molecule has 142 valence electrons. The van der Waals surface area contributed by atoms with E-state index in [1.54, 1.807) is 6.07 Å². The van der Waals surface area contributed by atoms with Gasteiger partial charge in [0.2, 0.25) is 5.89 Å². The lowest BCUT2D eigenvalue weighted by Crippen LogP contribution is -2.47. The molecule has 8 heteroatoms. The zero-order valence-corrected chi connectivity index (χ0v) is 15.4. The van der Waals surface area contributed by atoms with Gasteiger partial charge in [-0.1, -0.05) is 37.2 Å². The van der Waals surface area contributed by atoms with Crippen molar-refractivity contribution in [3.8, 4) is 5.75 Å². The molecular formula is C19H22N4O4. The predicted octanol–water partition coefficient (Wildman–Crippen LogP) is 2.39. The molecule has 1 fully saturated rings. The van der Waals surface area contributed by atoms with Gasteiger partial charge in [0.05, 0.1) is 6.61 Å². The van der Waals surface area contributed by atoms with Gasteiger partial charge in [-0.25, -0.2) is 4.79 Å². The maximum absolute atomic E-state index is 13.2. The van der Waals surface area contributed by atoms with E-state index in [2.05, 4.69) is 29.3 Å². The molecule has 8 nitrogen and oxygen atoms in total. The van der Waals surface area contributed by atoms with E-state index in [0.29, 0.717) is 42.5 Å². The number of rotatable bonds is 5. The normalized spacial score (nSPS) is 21.5. The molecule has 2 aliphatic rings. The number of nitrogens with one attached hydrogen (secondary N) is 1. The van der Waals surface area contributed by atoms with E-state index in [1.165, 1.54) is 0 Å². The van der Waals surface area contributed by atoms with Crippen molar-refractivity contribution in [2.75, 3.05) is 6.61 Å². The third kappa shape index (κ3) is 3.05. The molecule has 2 aliphatic heterocycles. The second-order valence-corrected chi connectivity index (χ2v) is 7.36. The summed E-state index contributed by atoms with van der Waals surface area (Å²) in [5.74, 6) is 1.69. The summed E-state index contributed by atoms with van der Waals surface area (Å²) in [6.07, 6.45) is 2.03. The maximum atomic E-state index is 13.2. The molecule has 1 aromatic heterocycles. The smallest absolute Gasteiger partial charge is 0.325 e. The zero-order chi connectivity index (χ0) is 19.0. The van der Waals surface area contributed by atoms with Crippen LogP contribution in [0.15, 0.2) is 28.8 Å². The van der Waals surface area contributed by atoms with Gasteiger partial charge in [0.25, 0.3) is 5.91 Å². The van der Waals surface area contributed by atoms with Crippen molar-refractivity contribution >= 4 is 11.9 Å². The molecule has 3 amide bonds. The molecule has 27 heavy (non-hydrogen) atoms. The van der Waals surface area contributed by atoms with Crippen LogP contribution in [0.25, 0.3) is 0 Å². The number of aryl methyl sites for hydroxylation is 1. The fourth-order valence-electron chi connectivity index (χ4n) is 3.52. The van der Waals surface area contributed by atoms with Crippen LogP contribution in [0.2, 0.25) is 0 Å². The van der Waals surface area contributed by atoms with Gasteiger partial charge in [-0.05, 0) is 18.4 Å². The van der Waals surface area contributed by atoms with E-state index in [-0.39, 0.29) is 18.3 Å². The van der Waals surface area contributed by atoms with Crippen molar-refractivity contribution in [1.82, 2.24) is 20.4 Å². The van der Waals surface area contributed by atoms with Crippen LogP contribution in [-0.4, -0.2) is 33.6 Å². The van der Waals surface area contributed by atoms with Gasteiger partial charge in [-0.15, -0.1) is 0 Å². The number of carbonyl (C=O) groups excluding carboxylic acids is 2. The molecule has 4 rings (SSSR count). The summed E-state index contributed by atoms with van der Waals surface area (Å²) in [6, 6.07) is 6.83. The summed E-state index contributed by atoms with van der Waals surface area (Å²) in [4.78, 5) is 31.2. The zero-order valence-electron chi connectivity index (χ0n) is 15.4. The molecule has 1 spiro atoms. The molecule has 0 unspecified atom stereocenters. The number of benzene rings is 1. The first kappa shape index (κ1) is 17.5. The van der Waals surface area contributed by atoms with Gasteiger partial charge >= 0.3 is 6.03 Å². The summed E-state index contributed by atoms with van der Waals surface area (Å²) < 4.78 is 10.9. The molecular weight excluding hydrogens is 348 g/mol. The van der Waals surface area contributed by atoms with E-state index < -0.39 is 11.6 Å². The van der Waals surface area contributed by atoms with Gasteiger partial charge in [-0.2, -0.15) is 4.98 Å². The molecule has 0 radical (unpaired) electrons. The Morgan fingerprint density at radius 2 is 2.11 bits per heavy atom. The number of nitrogens with zero attached hydrogens (tertiary/aromatic N) is 3. The van der Waals surface area contributed by atoms with E-state index >= 15 is 0 Å². The Bertz CT molecular complexity index is 878. The molecule has 0 bridgehead atoms. The average molecular weight is 370 g/mol. The molecule has 3 heterocycles. The topological polar surface area (TPSA) is 97.6 Å². The number of hydrogen-bond donors (Lipinski definition) is 1. The number of imide groups is 1. The second-order valence-electron chi connectivity index (χ2n) is 7.36. The van der Waals surface area contributed by atoms with Gasteiger partial charge < -0.3 is 14.6 Å². The van der Waals surface area contributed by atoms with Crippen molar-refractivity contribution in [3.05, 3.63) is 41.5 Å². The molecule has 1 N–H and O–H groups in total. The highest BCUT2D eigenvalue weighted by Crippen LogP contribution is 2.41. The lowest BCUT2D eigenvalue weighted by Gasteiger charge is -2.33. The Hall–Kier alpha value is -2.90. The van der Waals surface area contributed by atoms with Crippen LogP contribution in [-0.2, 0) is 23.3 Å². The van der Waals surface area contributed by atoms with Crippen LogP contribution in [0, 0.1) is 5.92 Å². The average Bonchev–Trinajstić information content (AvgIpc) is 3.19. The summed E-state index contributed by atoms with van der Waals surface area (Å²) in [5.41, 5.74) is -0.410. The molecule has 0 saturated carbocycles. The van der Waals surface area contributed by atoms with Crippen LogP contribution in [0.3, 0.4) is 0 Å². The van der Waals surface area contributed by atoms with Crippen molar-refractivity contribution in [3.63, 3.8) is 0 Å². The summed E-state index contributed by atoms with van der Waals surface area (Å²) in [5, 5.41) is 6.80. The predicted molar refractivity (Wildman–Crippen MR) is 94.8 cm³/mol. The largest absolute Gasteiger partial charge is 0.493 e. The van der Waals surface area contributed by atoms with Crippen molar-refractivity contribution in [2.45, 2.75) is 45.2 Å². The van der Waals surface area contributed by atoms with E-state index in [4.69, 9.17) is 9.26 Å². The number of carbonyl (C=O) groups is 2. The highest BCUT2D eigenvalue weighted by atomic mass is 16.5. The summed E-state index contributed by atoms with van der Waals surface area (Å²) in [6.45, 7) is 4.57. The Morgan fingerprint density at radius 1 is 1.30 bits per heavy atom. The fourth-order valence-corrected chi connectivity index (χ4v) is 3.52. The SMILES string of the molecule is CC(C)CCc1noc(CN2C(=O)N[C@]3(CCOc4ccccc43)C2=O)n1. The molecule has 1 aromatic carbocycles. The summed E-state index contributed by atoms with van der Waals surface area (Å²) >= 11 is 0. The maximum Gasteiger partial charge on any atom is 0.325 e. The third-order valence-corrected chi connectivity index (χ3v) is 5.01. The Morgan fingerprint density at radius 3 is 2.93 bits per heavy atom. The van der Waals surface area contributed by atoms with E-state index in [1.807, 2.05) is 18.2 Å². The van der Waals surface area contributed by atoms with Crippen LogP contribution in [0.4, 0.5) is 4.79 Å². The Balaban J connectivity index is 1.55. The Kier molecular flexibility index (Phi) is 4.33. The van der Waals surface area contributed by atoms with E-state index in [0.717, 1.165) is 11.3 Å². The minimum atomic E-state index is -1.09. The van der Waals surface area contributed by atoms with Crippen LogP contribution < -0.4 is 10.1 Å². The molecule has 2 aromatic rings. The fraction of sp³-hybridized carbons (Fsp3) is 0.474. The standard InChI is InChI=1S/C19H22N4O4/c1-12(2)7-8-15-20-16(27-22-15)11-23-17(24)19(21-18(23)25)9-10-26-14-6-4-3-5-13(14)19/h3-6,12H,7-11H2,1-2H3,(H,21,25)/t19-/m0/s1. The second kappa shape index (κ2) is 6.68. The van der Waals surface area contributed by atoms with Crippen molar-refractivity contribution < 1.29 is 18.8 Å². The number of hydrogen-bond acceptors (Lipinski definition) is 6. The number of para-hydroxylation sites is 1. The monoisotopic (exact) mass is 370 g/mol. The van der Waals surface area contributed by atoms with Crippen LogP contribution in [0.5, 0.6) is 5.75 Å². The minimum absolute atomic E-state index is 0.0376. The third-order valence-electron chi connectivity index (χ3n) is 5.01. The lowest BCUT2D eigenvalue weighted by molar-refractivity contribution is -0.133. The summed E-state index contributed by atoms with van der Waals surface area (Å²) in [7, 11) is 0. The van der Waals surface area contributed by atoms with E-state index in [9.17, 15) is 9.59 Å². The Labute approximate surface area is 156 Å². The van der Waals surface area contributed by atoms with Crippen molar-refractivity contribution in [2.24, 2.45) is 5.92 Å². The van der Waals surface area contributed by atoms with Gasteiger partial charge in [-0.3, -0.25) is 9.69 Å². The van der Waals surface area contributed by atoms with Crippen LogP contribution >= 0.6 is 0 Å². The van der Waals surface area contributed by atoms with Crippen LogP contribution in [0.1, 0.15) is 44.0 Å². The molecule has 1 atom stereocenters. The first-order valence-corrected chi connectivity index (χ1v) is 9.17. The molecule has 0 aliphatic carbocycles. The van der Waals surface area contributed by atoms with Gasteiger partial charge in [0.15, 0.2) is 11.4 Å². The van der Waals surface area contributed by atoms with Gasteiger partial charge in [0.1, 0.15) is 12.3 Å². The number of aromatic nitrogens is 2. The number of fused-ring (bicyclic) bond motifs is 2. The highest BCUT2D eigenvalue weighted by molar-refractivity contribution is 6.07. The minimum Gasteiger partial charge on any atom is -0.493 e. The molecule has 1 saturated heterocycles. The van der Waals surface area contributed by atoms with Gasteiger partial charge in [0, 0.05) is 18.4 Å². The number of urea groups is 1. The number of amides is 3.